The molecule has 106 valence electrons. The van der Waals surface area contributed by atoms with Gasteiger partial charge in [-0.1, -0.05) is 29.8 Å². The van der Waals surface area contributed by atoms with Crippen LogP contribution in [0.5, 0.6) is 0 Å². The summed E-state index contributed by atoms with van der Waals surface area (Å²) < 4.78 is 0.881. The molecule has 1 N–H and O–H groups in total. The molecule has 0 saturated heterocycles. The standard InChI is InChI=1S/C17H20ClNS/c1-12(19-10-9-16-7-8-17(18)20-16)14-6-5-13-3-2-4-15(13)11-14/h5-8,11-12,19H,2-4,9-10H2,1H3. The van der Waals surface area contributed by atoms with E-state index in [1.807, 2.05) is 6.07 Å². The van der Waals surface area contributed by atoms with Crippen molar-refractivity contribution in [3.8, 4) is 0 Å². The van der Waals surface area contributed by atoms with Crippen molar-refractivity contribution < 1.29 is 0 Å². The van der Waals surface area contributed by atoms with Gasteiger partial charge in [-0.25, -0.2) is 0 Å². The predicted molar refractivity (Wildman–Crippen MR) is 87.9 cm³/mol. The lowest BCUT2D eigenvalue weighted by Gasteiger charge is -2.15. The van der Waals surface area contributed by atoms with E-state index in [2.05, 4.69) is 36.5 Å². The van der Waals surface area contributed by atoms with Crippen LogP contribution in [0.3, 0.4) is 0 Å². The molecule has 1 aromatic carbocycles. The van der Waals surface area contributed by atoms with Gasteiger partial charge in [-0.05, 0) is 61.4 Å². The van der Waals surface area contributed by atoms with Gasteiger partial charge in [-0.15, -0.1) is 11.3 Å². The molecule has 0 amide bonds. The van der Waals surface area contributed by atoms with Crippen molar-refractivity contribution in [2.45, 2.75) is 38.6 Å². The van der Waals surface area contributed by atoms with Crippen molar-refractivity contribution in [3.63, 3.8) is 0 Å². The molecule has 1 aliphatic carbocycles. The third-order valence-electron chi connectivity index (χ3n) is 4.07. The molecule has 0 radical (unpaired) electrons. The number of benzene rings is 1. The molecule has 1 unspecified atom stereocenters. The van der Waals surface area contributed by atoms with E-state index >= 15 is 0 Å². The fraction of sp³-hybridized carbons (Fsp3) is 0.412. The number of halogens is 1. The molecule has 1 aliphatic rings. The van der Waals surface area contributed by atoms with E-state index in [1.165, 1.54) is 29.7 Å². The lowest BCUT2D eigenvalue weighted by atomic mass is 10.0. The number of thiophene rings is 1. The molecule has 1 heterocycles. The van der Waals surface area contributed by atoms with Crippen molar-refractivity contribution in [1.82, 2.24) is 5.32 Å². The van der Waals surface area contributed by atoms with Crippen molar-refractivity contribution >= 4 is 22.9 Å². The number of hydrogen-bond acceptors (Lipinski definition) is 2. The van der Waals surface area contributed by atoms with Gasteiger partial charge in [-0.2, -0.15) is 0 Å². The van der Waals surface area contributed by atoms with Gasteiger partial charge in [0.1, 0.15) is 0 Å². The second kappa shape index (κ2) is 6.30. The Labute approximate surface area is 130 Å². The van der Waals surface area contributed by atoms with Crippen LogP contribution in [0.15, 0.2) is 30.3 Å². The van der Waals surface area contributed by atoms with E-state index in [0.29, 0.717) is 6.04 Å². The summed E-state index contributed by atoms with van der Waals surface area (Å²) in [6.07, 6.45) is 4.88. The molecule has 0 aliphatic heterocycles. The molecule has 1 aromatic heterocycles. The Hall–Kier alpha value is -0.830. The summed E-state index contributed by atoms with van der Waals surface area (Å²) in [5.74, 6) is 0. The molecule has 0 spiro atoms. The quantitative estimate of drug-likeness (QED) is 0.838. The van der Waals surface area contributed by atoms with Gasteiger partial charge in [0.2, 0.25) is 0 Å². The maximum atomic E-state index is 5.95. The number of nitrogens with one attached hydrogen (secondary N) is 1. The fourth-order valence-electron chi connectivity index (χ4n) is 2.88. The monoisotopic (exact) mass is 305 g/mol. The molecular formula is C17H20ClNS. The zero-order chi connectivity index (χ0) is 13.9. The van der Waals surface area contributed by atoms with Crippen molar-refractivity contribution in [3.05, 3.63) is 56.2 Å². The normalized spacial score (nSPS) is 15.3. The number of hydrogen-bond donors (Lipinski definition) is 1. The Morgan fingerprint density at radius 2 is 2.05 bits per heavy atom. The minimum atomic E-state index is 0.413. The highest BCUT2D eigenvalue weighted by molar-refractivity contribution is 7.16. The molecule has 1 atom stereocenters. The summed E-state index contributed by atoms with van der Waals surface area (Å²) in [5.41, 5.74) is 4.52. The average Bonchev–Trinajstić information content (AvgIpc) is 3.06. The van der Waals surface area contributed by atoms with Gasteiger partial charge < -0.3 is 5.32 Å². The summed E-state index contributed by atoms with van der Waals surface area (Å²) >= 11 is 7.63. The van der Waals surface area contributed by atoms with E-state index in [9.17, 15) is 0 Å². The maximum Gasteiger partial charge on any atom is 0.0931 e. The van der Waals surface area contributed by atoms with Gasteiger partial charge in [0.05, 0.1) is 4.34 Å². The van der Waals surface area contributed by atoms with Gasteiger partial charge in [0.15, 0.2) is 0 Å². The molecule has 0 fully saturated rings. The number of rotatable bonds is 5. The zero-order valence-corrected chi connectivity index (χ0v) is 13.4. The van der Waals surface area contributed by atoms with Gasteiger partial charge >= 0.3 is 0 Å². The van der Waals surface area contributed by atoms with Crippen LogP contribution in [-0.2, 0) is 19.3 Å². The van der Waals surface area contributed by atoms with Crippen molar-refractivity contribution in [2.75, 3.05) is 6.54 Å². The molecular weight excluding hydrogens is 286 g/mol. The summed E-state index contributed by atoms with van der Waals surface area (Å²) in [6.45, 7) is 3.24. The van der Waals surface area contributed by atoms with E-state index < -0.39 is 0 Å². The molecule has 1 nitrogen and oxygen atoms in total. The van der Waals surface area contributed by atoms with Crippen LogP contribution in [0.4, 0.5) is 0 Å². The summed E-state index contributed by atoms with van der Waals surface area (Å²) in [7, 11) is 0. The smallest absolute Gasteiger partial charge is 0.0931 e. The van der Waals surface area contributed by atoms with Crippen LogP contribution in [-0.4, -0.2) is 6.54 Å². The summed E-state index contributed by atoms with van der Waals surface area (Å²) in [4.78, 5) is 1.35. The van der Waals surface area contributed by atoms with Crippen molar-refractivity contribution in [2.24, 2.45) is 0 Å². The van der Waals surface area contributed by atoms with E-state index in [-0.39, 0.29) is 0 Å². The molecule has 20 heavy (non-hydrogen) atoms. The Bertz CT molecular complexity index is 590. The Kier molecular flexibility index (Phi) is 4.45. The first-order chi connectivity index (χ1) is 9.72. The van der Waals surface area contributed by atoms with Gasteiger partial charge in [-0.3, -0.25) is 0 Å². The second-order valence-corrected chi connectivity index (χ2v) is 7.31. The highest BCUT2D eigenvalue weighted by atomic mass is 35.5. The van der Waals surface area contributed by atoms with Crippen LogP contribution in [0.2, 0.25) is 4.34 Å². The van der Waals surface area contributed by atoms with E-state index in [0.717, 1.165) is 17.3 Å². The molecule has 3 heteroatoms. The Morgan fingerprint density at radius 1 is 1.20 bits per heavy atom. The molecule has 2 aromatic rings. The summed E-state index contributed by atoms with van der Waals surface area (Å²) in [6, 6.07) is 11.5. The van der Waals surface area contributed by atoms with E-state index in [4.69, 9.17) is 11.6 Å². The van der Waals surface area contributed by atoms with Gasteiger partial charge in [0, 0.05) is 17.5 Å². The third-order valence-corrected chi connectivity index (χ3v) is 5.36. The lowest BCUT2D eigenvalue weighted by molar-refractivity contribution is 0.578. The van der Waals surface area contributed by atoms with Crippen LogP contribution in [0.25, 0.3) is 0 Å². The fourth-order valence-corrected chi connectivity index (χ4v) is 3.96. The summed E-state index contributed by atoms with van der Waals surface area (Å²) in [5, 5.41) is 3.61. The SMILES string of the molecule is CC(NCCc1ccc(Cl)s1)c1ccc2c(c1)CCC2. The highest BCUT2D eigenvalue weighted by Gasteiger charge is 2.13. The van der Waals surface area contributed by atoms with Crippen molar-refractivity contribution in [1.29, 1.82) is 0 Å². The predicted octanol–water partition coefficient (Wildman–Crippen LogP) is 4.78. The average molecular weight is 306 g/mol. The minimum Gasteiger partial charge on any atom is -0.310 e. The number of fused-ring (bicyclic) bond motifs is 1. The minimum absolute atomic E-state index is 0.413. The van der Waals surface area contributed by atoms with E-state index in [1.54, 1.807) is 22.5 Å². The molecule has 3 rings (SSSR count). The lowest BCUT2D eigenvalue weighted by Crippen LogP contribution is -2.21. The number of aryl methyl sites for hydroxylation is 2. The van der Waals surface area contributed by atoms with Gasteiger partial charge in [0.25, 0.3) is 0 Å². The zero-order valence-electron chi connectivity index (χ0n) is 11.8. The highest BCUT2D eigenvalue weighted by Crippen LogP contribution is 2.25. The first-order valence-electron chi connectivity index (χ1n) is 7.31. The van der Waals surface area contributed by atoms with Crippen LogP contribution in [0.1, 0.15) is 41.0 Å². The molecule has 0 bridgehead atoms. The first kappa shape index (κ1) is 14.1. The topological polar surface area (TPSA) is 12.0 Å². The maximum absolute atomic E-state index is 5.95. The van der Waals surface area contributed by atoms with Crippen LogP contribution >= 0.6 is 22.9 Å². The Morgan fingerprint density at radius 3 is 2.85 bits per heavy atom. The first-order valence-corrected chi connectivity index (χ1v) is 8.51. The van der Waals surface area contributed by atoms with Crippen LogP contribution < -0.4 is 5.32 Å². The Balaban J connectivity index is 1.55. The third kappa shape index (κ3) is 3.25. The van der Waals surface area contributed by atoms with Crippen LogP contribution in [0, 0.1) is 0 Å². The molecule has 0 saturated carbocycles. The second-order valence-electron chi connectivity index (χ2n) is 5.51. The largest absolute Gasteiger partial charge is 0.310 e.